The van der Waals surface area contributed by atoms with Gasteiger partial charge in [-0.1, -0.05) is 54.6 Å². The molecule has 0 heterocycles. The molecule has 0 fully saturated rings. The summed E-state index contributed by atoms with van der Waals surface area (Å²) in [5.74, 6) is -2.69. The Morgan fingerprint density at radius 2 is 1.59 bits per heavy atom. The van der Waals surface area contributed by atoms with Crippen LogP contribution in [0.15, 0.2) is 67.3 Å². The fourth-order valence-electron chi connectivity index (χ4n) is 2.19. The minimum absolute atomic E-state index is 0.750. The maximum Gasteiger partial charge on any atom is 0.414 e. The predicted molar refractivity (Wildman–Crippen MR) is 105 cm³/mol. The number of para-hydroxylation sites is 1. The maximum absolute atomic E-state index is 9.10. The van der Waals surface area contributed by atoms with E-state index in [9.17, 15) is 0 Å². The lowest BCUT2D eigenvalue weighted by Crippen LogP contribution is -2.15. The van der Waals surface area contributed by atoms with Crippen LogP contribution in [-0.2, 0) is 9.59 Å². The van der Waals surface area contributed by atoms with Crippen molar-refractivity contribution in [3.05, 3.63) is 67.3 Å². The van der Waals surface area contributed by atoms with E-state index in [-0.39, 0.29) is 0 Å². The highest BCUT2D eigenvalue weighted by molar-refractivity contribution is 6.27. The summed E-state index contributed by atoms with van der Waals surface area (Å²) in [5, 5.41) is 18.1. The number of nitrogens with one attached hydrogen (secondary N) is 1. The molecule has 3 N–H and O–H groups in total. The molecule has 6 heteroatoms. The van der Waals surface area contributed by atoms with Gasteiger partial charge in [0.1, 0.15) is 5.75 Å². The first-order chi connectivity index (χ1) is 13.1. The van der Waals surface area contributed by atoms with Crippen LogP contribution in [-0.4, -0.2) is 41.8 Å². The van der Waals surface area contributed by atoms with Gasteiger partial charge in [-0.2, -0.15) is 0 Å². The molecule has 2 aromatic carbocycles. The Labute approximate surface area is 159 Å². The Morgan fingerprint density at radius 3 is 2.22 bits per heavy atom. The van der Waals surface area contributed by atoms with Crippen molar-refractivity contribution in [2.75, 3.05) is 19.7 Å². The smallest absolute Gasteiger partial charge is 0.414 e. The molecule has 0 amide bonds. The molecule has 0 spiro atoms. The second-order valence-electron chi connectivity index (χ2n) is 5.52. The monoisotopic (exact) mass is 371 g/mol. The molecule has 6 nitrogen and oxygen atoms in total. The number of aliphatic carboxylic acids is 2. The molecule has 0 aliphatic heterocycles. The van der Waals surface area contributed by atoms with E-state index in [0.29, 0.717) is 0 Å². The van der Waals surface area contributed by atoms with Crippen LogP contribution in [0.2, 0.25) is 0 Å². The molecule has 0 saturated carbocycles. The van der Waals surface area contributed by atoms with Crippen LogP contribution in [0.1, 0.15) is 12.8 Å². The van der Waals surface area contributed by atoms with Crippen molar-refractivity contribution in [1.82, 2.24) is 5.32 Å². The Kier molecular flexibility index (Phi) is 10.7. The van der Waals surface area contributed by atoms with E-state index in [2.05, 4.69) is 42.2 Å². The first kappa shape index (κ1) is 21.9. The van der Waals surface area contributed by atoms with Crippen LogP contribution in [0.25, 0.3) is 11.1 Å². The molecule has 0 bridgehead atoms. The zero-order valence-electron chi connectivity index (χ0n) is 15.1. The summed E-state index contributed by atoms with van der Waals surface area (Å²) in [4.78, 5) is 18.2. The Balaban J connectivity index is 0.000000527. The summed E-state index contributed by atoms with van der Waals surface area (Å²) >= 11 is 0. The first-order valence-electron chi connectivity index (χ1n) is 8.61. The largest absolute Gasteiger partial charge is 0.493 e. The zero-order valence-corrected chi connectivity index (χ0v) is 15.1. The fourth-order valence-corrected chi connectivity index (χ4v) is 2.19. The Bertz CT molecular complexity index is 704. The minimum atomic E-state index is -1.82. The summed E-state index contributed by atoms with van der Waals surface area (Å²) in [6.07, 6.45) is 4.04. The van der Waals surface area contributed by atoms with E-state index in [0.717, 1.165) is 43.9 Å². The molecular formula is C21H25NO5. The molecular weight excluding hydrogens is 346 g/mol. The second kappa shape index (κ2) is 13.1. The molecule has 0 saturated heterocycles. The lowest BCUT2D eigenvalue weighted by Gasteiger charge is -2.11. The van der Waals surface area contributed by atoms with Gasteiger partial charge in [0.25, 0.3) is 0 Å². The summed E-state index contributed by atoms with van der Waals surface area (Å²) in [5.41, 5.74) is 2.35. The van der Waals surface area contributed by atoms with E-state index >= 15 is 0 Å². The quantitative estimate of drug-likeness (QED) is 0.355. The maximum atomic E-state index is 9.10. The molecule has 144 valence electrons. The molecule has 2 aromatic rings. The lowest BCUT2D eigenvalue weighted by molar-refractivity contribution is -0.159. The summed E-state index contributed by atoms with van der Waals surface area (Å²) < 4.78 is 5.95. The van der Waals surface area contributed by atoms with Gasteiger partial charge >= 0.3 is 11.9 Å². The van der Waals surface area contributed by atoms with E-state index in [4.69, 9.17) is 24.5 Å². The van der Waals surface area contributed by atoms with Crippen LogP contribution in [0.5, 0.6) is 5.75 Å². The van der Waals surface area contributed by atoms with Crippen molar-refractivity contribution in [3.63, 3.8) is 0 Å². The van der Waals surface area contributed by atoms with Gasteiger partial charge in [0.05, 0.1) is 6.61 Å². The average molecular weight is 371 g/mol. The number of rotatable bonds is 9. The molecule has 0 aliphatic rings. The van der Waals surface area contributed by atoms with E-state index in [1.165, 1.54) is 5.56 Å². The zero-order chi connectivity index (χ0) is 19.9. The number of benzene rings is 2. The summed E-state index contributed by atoms with van der Waals surface area (Å²) in [6.45, 7) is 6.32. The molecule has 0 unspecified atom stereocenters. The van der Waals surface area contributed by atoms with E-state index in [1.807, 2.05) is 30.3 Å². The molecule has 2 rings (SSSR count). The van der Waals surface area contributed by atoms with Gasteiger partial charge in [-0.25, -0.2) is 9.59 Å². The van der Waals surface area contributed by atoms with Crippen LogP contribution < -0.4 is 10.1 Å². The van der Waals surface area contributed by atoms with Crippen molar-refractivity contribution in [2.45, 2.75) is 12.8 Å². The Morgan fingerprint density at radius 1 is 0.963 bits per heavy atom. The van der Waals surface area contributed by atoms with Crippen LogP contribution in [0.4, 0.5) is 0 Å². The lowest BCUT2D eigenvalue weighted by atomic mass is 10.1. The number of hydrogen-bond acceptors (Lipinski definition) is 4. The number of carbonyl (C=O) groups is 2. The highest BCUT2D eigenvalue weighted by atomic mass is 16.5. The standard InChI is InChI=1S/C19H23NO.C2H2O4/c1-2-14-20-15-8-9-16-21-19-13-7-6-12-18(19)17-10-4-3-5-11-17;3-1(4)2(5)6/h2-7,10-13,20H,1,8-9,14-16H2;(H,3,4)(H,5,6). The first-order valence-corrected chi connectivity index (χ1v) is 8.61. The Hall–Kier alpha value is -3.12. The molecule has 0 aromatic heterocycles. The van der Waals surface area contributed by atoms with Gasteiger partial charge in [0.15, 0.2) is 0 Å². The van der Waals surface area contributed by atoms with Gasteiger partial charge in [0, 0.05) is 12.1 Å². The van der Waals surface area contributed by atoms with E-state index < -0.39 is 11.9 Å². The molecule has 27 heavy (non-hydrogen) atoms. The van der Waals surface area contributed by atoms with Crippen molar-refractivity contribution in [3.8, 4) is 16.9 Å². The number of hydrogen-bond donors (Lipinski definition) is 3. The molecule has 0 aliphatic carbocycles. The fraction of sp³-hybridized carbons (Fsp3) is 0.238. The topological polar surface area (TPSA) is 95.9 Å². The normalized spacial score (nSPS) is 9.63. The third-order valence-corrected chi connectivity index (χ3v) is 3.45. The number of ether oxygens (including phenoxy) is 1. The SMILES string of the molecule is C=CCNCCCCOc1ccccc1-c1ccccc1.O=C(O)C(=O)O. The van der Waals surface area contributed by atoms with Gasteiger partial charge in [-0.15, -0.1) is 6.58 Å². The predicted octanol–water partition coefficient (Wildman–Crippen LogP) is 3.44. The highest BCUT2D eigenvalue weighted by Gasteiger charge is 2.05. The van der Waals surface area contributed by atoms with E-state index in [1.54, 1.807) is 0 Å². The van der Waals surface area contributed by atoms with Gasteiger partial charge in [-0.3, -0.25) is 0 Å². The molecule has 0 atom stereocenters. The van der Waals surface area contributed by atoms with Crippen molar-refractivity contribution >= 4 is 11.9 Å². The minimum Gasteiger partial charge on any atom is -0.493 e. The van der Waals surface area contributed by atoms with Crippen LogP contribution >= 0.6 is 0 Å². The highest BCUT2D eigenvalue weighted by Crippen LogP contribution is 2.29. The number of carboxylic acid groups (broad SMARTS) is 2. The van der Waals surface area contributed by atoms with Crippen molar-refractivity contribution in [1.29, 1.82) is 0 Å². The summed E-state index contributed by atoms with van der Waals surface area (Å²) in [7, 11) is 0. The molecule has 0 radical (unpaired) electrons. The van der Waals surface area contributed by atoms with Crippen LogP contribution in [0.3, 0.4) is 0 Å². The third kappa shape index (κ3) is 9.23. The average Bonchev–Trinajstić information content (AvgIpc) is 2.69. The van der Waals surface area contributed by atoms with Gasteiger partial charge in [0.2, 0.25) is 0 Å². The van der Waals surface area contributed by atoms with Gasteiger partial charge in [-0.05, 0) is 31.0 Å². The van der Waals surface area contributed by atoms with Crippen molar-refractivity contribution in [2.24, 2.45) is 0 Å². The van der Waals surface area contributed by atoms with Crippen LogP contribution in [0, 0.1) is 0 Å². The second-order valence-corrected chi connectivity index (χ2v) is 5.52. The van der Waals surface area contributed by atoms with Crippen molar-refractivity contribution < 1.29 is 24.5 Å². The number of carboxylic acids is 2. The summed E-state index contributed by atoms with van der Waals surface area (Å²) in [6, 6.07) is 18.6. The third-order valence-electron chi connectivity index (χ3n) is 3.45. The number of unbranched alkanes of at least 4 members (excludes halogenated alkanes) is 1. The van der Waals surface area contributed by atoms with Gasteiger partial charge < -0.3 is 20.3 Å².